The number of thiazole rings is 1. The van der Waals surface area contributed by atoms with Crippen molar-refractivity contribution < 1.29 is 9.53 Å². The monoisotopic (exact) mass is 345 g/mol. The lowest BCUT2D eigenvalue weighted by Gasteiger charge is -2.12. The summed E-state index contributed by atoms with van der Waals surface area (Å²) in [4.78, 5) is 16.5. The molecule has 0 spiro atoms. The normalized spacial score (nSPS) is 20.2. The van der Waals surface area contributed by atoms with E-state index in [1.165, 1.54) is 5.56 Å². The highest BCUT2D eigenvalue weighted by Gasteiger charge is 2.29. The molecule has 2 aromatic rings. The number of rotatable bonds is 6. The minimum absolute atomic E-state index is 0.0273. The van der Waals surface area contributed by atoms with Gasteiger partial charge >= 0.3 is 0 Å². The van der Waals surface area contributed by atoms with E-state index in [2.05, 4.69) is 39.9 Å². The number of aryl methyl sites for hydroxylation is 1. The average Bonchev–Trinajstić information content (AvgIpc) is 3.24. The summed E-state index contributed by atoms with van der Waals surface area (Å²) in [6, 6.07) is 8.34. The van der Waals surface area contributed by atoms with E-state index >= 15 is 0 Å². The summed E-state index contributed by atoms with van der Waals surface area (Å²) >= 11 is 1.66. The number of carbonyl (C=O) groups is 1. The van der Waals surface area contributed by atoms with Crippen molar-refractivity contribution in [2.45, 2.75) is 38.4 Å². The van der Waals surface area contributed by atoms with Crippen molar-refractivity contribution in [2.75, 3.05) is 13.1 Å². The molecule has 5 nitrogen and oxygen atoms in total. The molecular weight excluding hydrogens is 322 g/mol. The second-order valence-electron chi connectivity index (χ2n) is 6.05. The van der Waals surface area contributed by atoms with Gasteiger partial charge in [-0.05, 0) is 31.7 Å². The SMILES string of the molecule is Cc1nc(-c2ccc(CCNC(=O)[C@@H]3CC[C@H](CN)O3)cc2)cs1. The van der Waals surface area contributed by atoms with Crippen LogP contribution in [0, 0.1) is 6.92 Å². The lowest BCUT2D eigenvalue weighted by Crippen LogP contribution is -2.36. The Balaban J connectivity index is 1.46. The first-order valence-corrected chi connectivity index (χ1v) is 9.18. The maximum absolute atomic E-state index is 12.1. The molecule has 0 saturated carbocycles. The molecule has 1 aromatic heterocycles. The number of hydrogen-bond acceptors (Lipinski definition) is 5. The maximum Gasteiger partial charge on any atom is 0.249 e. The van der Waals surface area contributed by atoms with Crippen molar-refractivity contribution >= 4 is 17.2 Å². The summed E-state index contributed by atoms with van der Waals surface area (Å²) in [5.74, 6) is -0.0273. The second kappa shape index (κ2) is 7.88. The fourth-order valence-corrected chi connectivity index (χ4v) is 3.48. The molecule has 3 N–H and O–H groups in total. The third kappa shape index (κ3) is 4.20. The molecule has 0 bridgehead atoms. The van der Waals surface area contributed by atoms with Crippen molar-refractivity contribution in [3.05, 3.63) is 40.2 Å². The van der Waals surface area contributed by atoms with Gasteiger partial charge in [0.05, 0.1) is 16.8 Å². The third-order valence-electron chi connectivity index (χ3n) is 4.24. The number of nitrogens with zero attached hydrogens (tertiary/aromatic N) is 1. The van der Waals surface area contributed by atoms with Crippen LogP contribution in [0.3, 0.4) is 0 Å². The summed E-state index contributed by atoms with van der Waals surface area (Å²) < 4.78 is 5.60. The Bertz CT molecular complexity index is 684. The molecule has 1 aromatic carbocycles. The molecule has 0 unspecified atom stereocenters. The molecule has 2 heterocycles. The zero-order valence-corrected chi connectivity index (χ0v) is 14.6. The predicted octanol–water partition coefficient (Wildman–Crippen LogP) is 2.28. The van der Waals surface area contributed by atoms with E-state index in [0.29, 0.717) is 13.1 Å². The van der Waals surface area contributed by atoms with Crippen molar-refractivity contribution in [3.8, 4) is 11.3 Å². The van der Waals surface area contributed by atoms with Crippen LogP contribution in [0.15, 0.2) is 29.6 Å². The Hall–Kier alpha value is -1.76. The van der Waals surface area contributed by atoms with Crippen LogP contribution < -0.4 is 11.1 Å². The standard InChI is InChI=1S/C18H23N3O2S/c1-12-21-16(11-24-12)14-4-2-13(3-5-14)8-9-20-18(22)17-7-6-15(10-19)23-17/h2-5,11,15,17H,6-10,19H2,1H3,(H,20,22)/t15-,17+/m1/s1. The summed E-state index contributed by atoms with van der Waals surface area (Å²) in [6.07, 6.45) is 2.12. The average molecular weight is 345 g/mol. The quantitative estimate of drug-likeness (QED) is 0.842. The summed E-state index contributed by atoms with van der Waals surface area (Å²) in [6.45, 7) is 3.10. The van der Waals surface area contributed by atoms with Gasteiger partial charge in [-0.2, -0.15) is 0 Å². The highest BCUT2D eigenvalue weighted by molar-refractivity contribution is 7.09. The van der Waals surface area contributed by atoms with E-state index < -0.39 is 0 Å². The second-order valence-corrected chi connectivity index (χ2v) is 7.11. The van der Waals surface area contributed by atoms with E-state index in [4.69, 9.17) is 10.5 Å². The van der Waals surface area contributed by atoms with Crippen LogP contribution in [0.5, 0.6) is 0 Å². The molecule has 3 rings (SSSR count). The first-order chi connectivity index (χ1) is 11.7. The smallest absolute Gasteiger partial charge is 0.249 e. The van der Waals surface area contributed by atoms with Crippen LogP contribution in [0.25, 0.3) is 11.3 Å². The minimum atomic E-state index is -0.339. The molecule has 1 saturated heterocycles. The van der Waals surface area contributed by atoms with E-state index in [-0.39, 0.29) is 18.1 Å². The van der Waals surface area contributed by atoms with Crippen LogP contribution in [0.4, 0.5) is 0 Å². The molecular formula is C18H23N3O2S. The maximum atomic E-state index is 12.1. The fraction of sp³-hybridized carbons (Fsp3) is 0.444. The third-order valence-corrected chi connectivity index (χ3v) is 5.02. The molecule has 0 aliphatic carbocycles. The molecule has 24 heavy (non-hydrogen) atoms. The first-order valence-electron chi connectivity index (χ1n) is 8.30. The molecule has 6 heteroatoms. The number of aromatic nitrogens is 1. The van der Waals surface area contributed by atoms with Crippen LogP contribution in [0.1, 0.15) is 23.4 Å². The van der Waals surface area contributed by atoms with E-state index in [9.17, 15) is 4.79 Å². The Labute approximate surface area is 146 Å². The Kier molecular flexibility index (Phi) is 5.60. The van der Waals surface area contributed by atoms with E-state index in [1.807, 2.05) is 6.92 Å². The van der Waals surface area contributed by atoms with Crippen molar-refractivity contribution in [1.82, 2.24) is 10.3 Å². The number of carbonyl (C=O) groups excluding carboxylic acids is 1. The molecule has 1 aliphatic rings. The van der Waals surface area contributed by atoms with Gasteiger partial charge in [0.25, 0.3) is 0 Å². The topological polar surface area (TPSA) is 77.2 Å². The number of ether oxygens (including phenoxy) is 1. The lowest BCUT2D eigenvalue weighted by molar-refractivity contribution is -0.131. The van der Waals surface area contributed by atoms with Crippen molar-refractivity contribution in [1.29, 1.82) is 0 Å². The Morgan fingerprint density at radius 2 is 2.17 bits per heavy atom. The molecule has 128 valence electrons. The number of amides is 1. The van der Waals surface area contributed by atoms with Crippen LogP contribution in [-0.4, -0.2) is 36.2 Å². The zero-order valence-electron chi connectivity index (χ0n) is 13.8. The van der Waals surface area contributed by atoms with Crippen LogP contribution in [0.2, 0.25) is 0 Å². The highest BCUT2D eigenvalue weighted by Crippen LogP contribution is 2.22. The number of benzene rings is 1. The van der Waals surface area contributed by atoms with Crippen molar-refractivity contribution in [2.24, 2.45) is 5.73 Å². The van der Waals surface area contributed by atoms with Gasteiger partial charge in [0.1, 0.15) is 6.10 Å². The number of nitrogens with one attached hydrogen (secondary N) is 1. The Morgan fingerprint density at radius 1 is 1.38 bits per heavy atom. The molecule has 1 fully saturated rings. The van der Waals surface area contributed by atoms with Gasteiger partial charge in [-0.15, -0.1) is 11.3 Å². The van der Waals surface area contributed by atoms with Gasteiger partial charge in [-0.1, -0.05) is 24.3 Å². The Morgan fingerprint density at radius 3 is 2.79 bits per heavy atom. The number of hydrogen-bond donors (Lipinski definition) is 2. The summed E-state index contributed by atoms with van der Waals surface area (Å²) in [5.41, 5.74) is 8.90. The van der Waals surface area contributed by atoms with Gasteiger partial charge < -0.3 is 15.8 Å². The van der Waals surface area contributed by atoms with Gasteiger partial charge in [-0.25, -0.2) is 4.98 Å². The molecule has 2 atom stereocenters. The van der Waals surface area contributed by atoms with E-state index in [0.717, 1.165) is 35.5 Å². The number of nitrogens with two attached hydrogens (primary N) is 1. The van der Waals surface area contributed by atoms with Crippen LogP contribution >= 0.6 is 11.3 Å². The molecule has 0 radical (unpaired) electrons. The van der Waals surface area contributed by atoms with Crippen LogP contribution in [-0.2, 0) is 16.0 Å². The van der Waals surface area contributed by atoms with Gasteiger partial charge in [0.2, 0.25) is 5.91 Å². The fourth-order valence-electron chi connectivity index (χ4n) is 2.85. The molecule has 1 aliphatic heterocycles. The first kappa shape index (κ1) is 17.1. The molecule has 1 amide bonds. The highest BCUT2D eigenvalue weighted by atomic mass is 32.1. The summed E-state index contributed by atoms with van der Waals surface area (Å²) in [5, 5.41) is 6.09. The van der Waals surface area contributed by atoms with Gasteiger partial charge in [0.15, 0.2) is 0 Å². The minimum Gasteiger partial charge on any atom is -0.364 e. The largest absolute Gasteiger partial charge is 0.364 e. The van der Waals surface area contributed by atoms with Crippen molar-refractivity contribution in [3.63, 3.8) is 0 Å². The zero-order chi connectivity index (χ0) is 16.9. The van der Waals surface area contributed by atoms with E-state index in [1.54, 1.807) is 11.3 Å². The van der Waals surface area contributed by atoms with Gasteiger partial charge in [0, 0.05) is 24.0 Å². The van der Waals surface area contributed by atoms with Gasteiger partial charge in [-0.3, -0.25) is 4.79 Å². The predicted molar refractivity (Wildman–Crippen MR) is 96.0 cm³/mol. The lowest BCUT2D eigenvalue weighted by atomic mass is 10.1. The summed E-state index contributed by atoms with van der Waals surface area (Å²) in [7, 11) is 0.